The molecule has 0 aliphatic heterocycles. The van der Waals surface area contributed by atoms with Gasteiger partial charge in [-0.15, -0.1) is 0 Å². The van der Waals surface area contributed by atoms with Gasteiger partial charge in [0.2, 0.25) is 0 Å². The molecule has 0 aliphatic carbocycles. The average molecular weight is 332 g/mol. The number of pyridine rings is 2. The van der Waals surface area contributed by atoms with E-state index in [0.29, 0.717) is 0 Å². The molecule has 26 heavy (non-hydrogen) atoms. The minimum atomic E-state index is 0.952. The lowest BCUT2D eigenvalue weighted by atomic mass is 9.97. The molecule has 0 fully saturated rings. The van der Waals surface area contributed by atoms with Crippen molar-refractivity contribution in [2.24, 2.45) is 0 Å². The Labute approximate surface area is 151 Å². The van der Waals surface area contributed by atoms with Gasteiger partial charge < -0.3 is 0 Å². The van der Waals surface area contributed by atoms with Crippen molar-refractivity contribution < 1.29 is 0 Å². The summed E-state index contributed by atoms with van der Waals surface area (Å²) in [5.74, 6) is 0. The van der Waals surface area contributed by atoms with Crippen LogP contribution in [0.25, 0.3) is 44.1 Å². The van der Waals surface area contributed by atoms with E-state index in [-0.39, 0.29) is 0 Å². The van der Waals surface area contributed by atoms with E-state index in [1.165, 1.54) is 22.3 Å². The zero-order valence-electron chi connectivity index (χ0n) is 14.1. The Balaban J connectivity index is 1.66. The van der Waals surface area contributed by atoms with E-state index >= 15 is 0 Å². The van der Waals surface area contributed by atoms with E-state index in [4.69, 9.17) is 0 Å². The SMILES string of the molecule is c1ccc(-c2ccc(-c3ccnc4c3ccc3cccnc34)cc2)cc1. The molecule has 0 spiro atoms. The van der Waals surface area contributed by atoms with Gasteiger partial charge in [-0.3, -0.25) is 9.97 Å². The highest BCUT2D eigenvalue weighted by molar-refractivity contribution is 6.07. The summed E-state index contributed by atoms with van der Waals surface area (Å²) >= 11 is 0. The van der Waals surface area contributed by atoms with Gasteiger partial charge in [-0.05, 0) is 34.4 Å². The van der Waals surface area contributed by atoms with Crippen LogP contribution in [0.4, 0.5) is 0 Å². The molecule has 0 amide bonds. The Morgan fingerprint density at radius 1 is 0.462 bits per heavy atom. The third-order valence-corrected chi connectivity index (χ3v) is 4.79. The van der Waals surface area contributed by atoms with Crippen molar-refractivity contribution in [3.63, 3.8) is 0 Å². The van der Waals surface area contributed by atoms with Crippen molar-refractivity contribution in [2.45, 2.75) is 0 Å². The molecule has 0 unspecified atom stereocenters. The first kappa shape index (κ1) is 14.8. The molecule has 5 rings (SSSR count). The van der Waals surface area contributed by atoms with Crippen molar-refractivity contribution in [3.05, 3.63) is 97.3 Å². The van der Waals surface area contributed by atoms with E-state index in [1.54, 1.807) is 0 Å². The summed E-state index contributed by atoms with van der Waals surface area (Å²) in [6, 6.07) is 29.5. The molecule has 0 saturated heterocycles. The van der Waals surface area contributed by atoms with Crippen LogP contribution in [-0.4, -0.2) is 9.97 Å². The van der Waals surface area contributed by atoms with E-state index in [1.807, 2.05) is 24.5 Å². The molecule has 2 heterocycles. The van der Waals surface area contributed by atoms with Crippen LogP contribution in [-0.2, 0) is 0 Å². The Hall–Kier alpha value is -3.52. The lowest BCUT2D eigenvalue weighted by Gasteiger charge is -2.09. The molecular weight excluding hydrogens is 316 g/mol. The van der Waals surface area contributed by atoms with Gasteiger partial charge in [0.15, 0.2) is 0 Å². The molecule has 0 atom stereocenters. The van der Waals surface area contributed by atoms with Crippen molar-refractivity contribution in [1.29, 1.82) is 0 Å². The van der Waals surface area contributed by atoms with Gasteiger partial charge in [0.25, 0.3) is 0 Å². The molecule has 2 aromatic heterocycles. The number of hydrogen-bond acceptors (Lipinski definition) is 2. The molecule has 3 aromatic carbocycles. The van der Waals surface area contributed by atoms with Gasteiger partial charge in [-0.1, -0.05) is 72.8 Å². The third kappa shape index (κ3) is 2.44. The molecule has 122 valence electrons. The molecular formula is C24H16N2. The maximum atomic E-state index is 4.60. The summed E-state index contributed by atoms with van der Waals surface area (Å²) in [6.45, 7) is 0. The number of hydrogen-bond donors (Lipinski definition) is 0. The van der Waals surface area contributed by atoms with Crippen LogP contribution in [0.5, 0.6) is 0 Å². The topological polar surface area (TPSA) is 25.8 Å². The van der Waals surface area contributed by atoms with Crippen molar-refractivity contribution in [2.75, 3.05) is 0 Å². The number of benzene rings is 3. The summed E-state index contributed by atoms with van der Waals surface area (Å²) in [5.41, 5.74) is 6.73. The van der Waals surface area contributed by atoms with Crippen LogP contribution in [0.15, 0.2) is 97.3 Å². The average Bonchev–Trinajstić information content (AvgIpc) is 2.74. The van der Waals surface area contributed by atoms with Crippen LogP contribution < -0.4 is 0 Å². The molecule has 5 aromatic rings. The van der Waals surface area contributed by atoms with E-state index < -0.39 is 0 Å². The first-order valence-electron chi connectivity index (χ1n) is 8.68. The highest BCUT2D eigenvalue weighted by Gasteiger charge is 2.08. The Kier molecular flexibility index (Phi) is 3.46. The lowest BCUT2D eigenvalue weighted by molar-refractivity contribution is 1.37. The predicted molar refractivity (Wildman–Crippen MR) is 108 cm³/mol. The summed E-state index contributed by atoms with van der Waals surface area (Å²) in [6.07, 6.45) is 3.70. The monoisotopic (exact) mass is 332 g/mol. The van der Waals surface area contributed by atoms with Gasteiger partial charge in [0.1, 0.15) is 0 Å². The van der Waals surface area contributed by atoms with Gasteiger partial charge in [-0.2, -0.15) is 0 Å². The largest absolute Gasteiger partial charge is 0.254 e. The van der Waals surface area contributed by atoms with Gasteiger partial charge in [0, 0.05) is 23.2 Å². The fraction of sp³-hybridized carbons (Fsp3) is 0. The smallest absolute Gasteiger partial charge is 0.0970 e. The quantitative estimate of drug-likeness (QED) is 0.364. The third-order valence-electron chi connectivity index (χ3n) is 4.79. The first-order chi connectivity index (χ1) is 12.9. The van der Waals surface area contributed by atoms with Crippen LogP contribution in [0.3, 0.4) is 0 Å². The van der Waals surface area contributed by atoms with E-state index in [9.17, 15) is 0 Å². The summed E-state index contributed by atoms with van der Waals surface area (Å²) in [7, 11) is 0. The maximum absolute atomic E-state index is 4.60. The zero-order chi connectivity index (χ0) is 17.3. The highest BCUT2D eigenvalue weighted by Crippen LogP contribution is 2.32. The Morgan fingerprint density at radius 3 is 2.04 bits per heavy atom. The molecule has 0 bridgehead atoms. The molecule has 2 heteroatoms. The van der Waals surface area contributed by atoms with Crippen molar-refractivity contribution in [3.8, 4) is 22.3 Å². The summed E-state index contributed by atoms with van der Waals surface area (Å²) < 4.78 is 0. The Morgan fingerprint density at radius 2 is 1.19 bits per heavy atom. The second kappa shape index (κ2) is 6.08. The summed E-state index contributed by atoms with van der Waals surface area (Å²) in [4.78, 5) is 9.13. The number of rotatable bonds is 2. The van der Waals surface area contributed by atoms with E-state index in [0.717, 1.165) is 21.8 Å². The standard InChI is InChI=1S/C24H16N2/c1-2-5-17(6-3-1)18-8-10-19(11-9-18)21-14-16-26-24-22(21)13-12-20-7-4-15-25-23(20)24/h1-16H. The zero-order valence-corrected chi connectivity index (χ0v) is 14.1. The van der Waals surface area contributed by atoms with Crippen LogP contribution in [0.1, 0.15) is 0 Å². The second-order valence-electron chi connectivity index (χ2n) is 6.34. The number of fused-ring (bicyclic) bond motifs is 3. The lowest BCUT2D eigenvalue weighted by Crippen LogP contribution is -1.88. The minimum Gasteiger partial charge on any atom is -0.254 e. The van der Waals surface area contributed by atoms with Gasteiger partial charge >= 0.3 is 0 Å². The van der Waals surface area contributed by atoms with Crippen LogP contribution >= 0.6 is 0 Å². The fourth-order valence-corrected chi connectivity index (χ4v) is 3.48. The van der Waals surface area contributed by atoms with Gasteiger partial charge in [0.05, 0.1) is 11.0 Å². The van der Waals surface area contributed by atoms with Gasteiger partial charge in [-0.25, -0.2) is 0 Å². The number of aromatic nitrogens is 2. The molecule has 0 aliphatic rings. The second-order valence-corrected chi connectivity index (χ2v) is 6.34. The highest BCUT2D eigenvalue weighted by atomic mass is 14.7. The normalized spacial score (nSPS) is 11.1. The van der Waals surface area contributed by atoms with Crippen molar-refractivity contribution >= 4 is 21.8 Å². The number of nitrogens with zero attached hydrogens (tertiary/aromatic N) is 2. The minimum absolute atomic E-state index is 0.952. The van der Waals surface area contributed by atoms with Crippen molar-refractivity contribution in [1.82, 2.24) is 9.97 Å². The Bertz CT molecular complexity index is 1210. The summed E-state index contributed by atoms with van der Waals surface area (Å²) in [5, 5.41) is 2.25. The first-order valence-corrected chi connectivity index (χ1v) is 8.68. The maximum Gasteiger partial charge on any atom is 0.0970 e. The van der Waals surface area contributed by atoms with Crippen LogP contribution in [0, 0.1) is 0 Å². The molecule has 2 nitrogen and oxygen atoms in total. The van der Waals surface area contributed by atoms with E-state index in [2.05, 4.69) is 82.8 Å². The molecule has 0 N–H and O–H groups in total. The molecule has 0 saturated carbocycles. The van der Waals surface area contributed by atoms with Crippen LogP contribution in [0.2, 0.25) is 0 Å². The predicted octanol–water partition coefficient (Wildman–Crippen LogP) is 6.12. The fourth-order valence-electron chi connectivity index (χ4n) is 3.48. The molecule has 0 radical (unpaired) electrons.